The molecule has 6 bridgehead atoms. The van der Waals surface area contributed by atoms with Gasteiger partial charge in [0, 0.05) is 50.7 Å². The van der Waals surface area contributed by atoms with Gasteiger partial charge in [-0.2, -0.15) is 42.8 Å². The van der Waals surface area contributed by atoms with E-state index < -0.39 is 233 Å². The van der Waals surface area contributed by atoms with Gasteiger partial charge in [-0.3, -0.25) is 93.7 Å². The molecular formula is C63H70F4N24O30P6S6+2. The average Bonchev–Trinajstić information content (AvgIpc) is 1.61. The van der Waals surface area contributed by atoms with E-state index in [1.54, 1.807) is 9.13 Å². The molecule has 12 aliphatic heterocycles. The Morgan fingerprint density at radius 2 is 0.737 bits per heavy atom. The number of fused-ring (bicyclic) bond motifs is 15. The molecule has 21 heterocycles. The van der Waals surface area contributed by atoms with Crippen LogP contribution in [0.2, 0.25) is 0 Å². The molecule has 12 aliphatic rings. The Hall–Kier alpha value is -7.01. The maximum absolute atomic E-state index is 16.0. The van der Waals surface area contributed by atoms with Gasteiger partial charge >= 0.3 is 41.2 Å². The number of H-pyrrole nitrogens is 3. The molecule has 70 heteroatoms. The summed E-state index contributed by atoms with van der Waals surface area (Å²) in [5, 5.41) is 0. The molecule has 9 fully saturated rings. The Labute approximate surface area is 769 Å². The number of aliphatic imine (C=N–C) groups is 3. The number of hydrogen-bond acceptors (Lipinski definition) is 47. The van der Waals surface area contributed by atoms with Crippen LogP contribution in [-0.2, 0) is 123 Å². The Balaban J connectivity index is 0.000000129. The summed E-state index contributed by atoms with van der Waals surface area (Å²) < 4.78 is 187. The van der Waals surface area contributed by atoms with Gasteiger partial charge in [-0.15, -0.1) is 0 Å². The highest BCUT2D eigenvalue weighted by atomic mass is 32.7. The zero-order valence-corrected chi connectivity index (χ0v) is 77.2. The number of Topliss-reactive ketones (excluding diaryl/α,β-unsaturated/α-hetero) is 3. The summed E-state index contributed by atoms with van der Waals surface area (Å²) in [6.07, 6.45) is -19.4. The highest BCUT2D eigenvalue weighted by molar-refractivity contribution is 8.47. The van der Waals surface area contributed by atoms with Crippen LogP contribution in [0.5, 0.6) is 0 Å². The number of thiol groups is 3. The lowest BCUT2D eigenvalue weighted by Crippen LogP contribution is -2.34. The first-order valence-corrected chi connectivity index (χ1v) is 55.0. The summed E-state index contributed by atoms with van der Waals surface area (Å²) in [5.41, 5.74) is 14.9. The number of nitrogens with zero attached hydrogens (tertiary/aromatic N) is 18. The van der Waals surface area contributed by atoms with E-state index in [1.807, 2.05) is 0 Å². The van der Waals surface area contributed by atoms with Gasteiger partial charge in [0.1, 0.15) is 98.9 Å². The van der Waals surface area contributed by atoms with Gasteiger partial charge in [-0.1, -0.05) is 12.2 Å². The zero-order valence-electron chi connectivity index (χ0n) is 66.7. The lowest BCUT2D eigenvalue weighted by Gasteiger charge is -2.26. The van der Waals surface area contributed by atoms with E-state index in [0.29, 0.717) is 11.6 Å². The Kier molecular flexibility index (Phi) is 26.2. The van der Waals surface area contributed by atoms with Crippen LogP contribution in [0.1, 0.15) is 101 Å². The van der Waals surface area contributed by atoms with Crippen molar-refractivity contribution in [2.75, 3.05) is 56.8 Å². The van der Waals surface area contributed by atoms with Crippen molar-refractivity contribution in [1.29, 1.82) is 0 Å². The van der Waals surface area contributed by atoms with Crippen molar-refractivity contribution in [3.05, 3.63) is 86.1 Å². The molecule has 0 aliphatic carbocycles. The van der Waals surface area contributed by atoms with Gasteiger partial charge in [-0.05, 0) is 35.4 Å². The molecule has 0 amide bonds. The number of carbonyl (C=O) groups is 3. The van der Waals surface area contributed by atoms with E-state index in [2.05, 4.69) is 112 Å². The number of nitrogens with two attached hydrogens (primary N) is 3. The highest BCUT2D eigenvalue weighted by Gasteiger charge is 2.60. The number of anilines is 3. The van der Waals surface area contributed by atoms with Crippen LogP contribution in [-0.4, -0.2) is 285 Å². The number of ketones is 3. The number of nitrogen functional groups attached to an aromatic ring is 3. The number of ether oxygens (including phenoxy) is 6. The van der Waals surface area contributed by atoms with E-state index in [1.165, 1.54) is 57.7 Å². The molecule has 21 rings (SSSR count). The summed E-state index contributed by atoms with van der Waals surface area (Å²) in [7, 11) is -7.88. The minimum Gasteiger partial charge on any atom is -0.369 e. The second kappa shape index (κ2) is 36.6. The number of imidazole rings is 6. The Bertz CT molecular complexity index is 6380. The van der Waals surface area contributed by atoms with Crippen molar-refractivity contribution in [2.45, 2.75) is 167 Å². The fraction of sp³-hybridized carbons (Fsp3) is 0.524. The second-order valence-corrected chi connectivity index (χ2v) is 47.8. The molecule has 714 valence electrons. The van der Waals surface area contributed by atoms with E-state index in [-0.39, 0.29) is 124 Å². The lowest BCUT2D eigenvalue weighted by molar-refractivity contribution is -0.0601. The Morgan fingerprint density at radius 1 is 0.414 bits per heavy atom. The van der Waals surface area contributed by atoms with Crippen molar-refractivity contribution >= 4 is 218 Å². The molecule has 0 spiro atoms. The second-order valence-electron chi connectivity index (χ2n) is 30.6. The van der Waals surface area contributed by atoms with Gasteiger partial charge in [0.15, 0.2) is 135 Å². The number of aromatic nitrogens is 18. The van der Waals surface area contributed by atoms with Gasteiger partial charge in [-0.25, -0.2) is 67.0 Å². The van der Waals surface area contributed by atoms with Crippen molar-refractivity contribution in [3.63, 3.8) is 0 Å². The van der Waals surface area contributed by atoms with Gasteiger partial charge < -0.3 is 73.9 Å². The van der Waals surface area contributed by atoms with Crippen LogP contribution in [0.4, 0.5) is 52.9 Å². The molecule has 0 saturated carbocycles. The number of carbonyl (C=O) groups excluding carboxylic acids is 3. The summed E-state index contributed by atoms with van der Waals surface area (Å²) in [6, 6.07) is 0. The molecule has 54 nitrogen and oxygen atoms in total. The van der Waals surface area contributed by atoms with E-state index >= 15 is 17.6 Å². The first kappa shape index (κ1) is 94.9. The number of aromatic amines is 3. The highest BCUT2D eigenvalue weighted by Crippen LogP contribution is 2.67. The monoisotopic (exact) mass is 2100 g/mol. The number of nitrogens with one attached hydrogen (secondary N) is 3. The molecule has 0 radical (unpaired) electrons. The van der Waals surface area contributed by atoms with E-state index in [9.17, 15) is 57.8 Å². The van der Waals surface area contributed by atoms with E-state index in [0.717, 1.165) is 17.2 Å². The van der Waals surface area contributed by atoms with Crippen molar-refractivity contribution < 1.29 is 144 Å². The largest absolute Gasteiger partial charge is 0.475 e. The third-order valence-electron chi connectivity index (χ3n) is 22.0. The summed E-state index contributed by atoms with van der Waals surface area (Å²) in [4.78, 5) is 184. The number of rotatable bonds is 6. The van der Waals surface area contributed by atoms with Crippen molar-refractivity contribution in [3.8, 4) is 0 Å². The molecule has 9 saturated heterocycles. The van der Waals surface area contributed by atoms with Crippen LogP contribution in [0.25, 0.3) is 33.5 Å². The molecule has 6 unspecified atom stereocenters. The molecule has 14 N–H and O–H groups in total. The predicted molar refractivity (Wildman–Crippen MR) is 465 cm³/mol. The summed E-state index contributed by atoms with van der Waals surface area (Å²) >= 11 is 27.9. The molecule has 133 heavy (non-hydrogen) atoms. The topological polar surface area (TPSA) is 695 Å². The smallest absolute Gasteiger partial charge is 0.369 e. The first-order valence-electron chi connectivity index (χ1n) is 39.1. The number of hydrogen-bond donors (Lipinski definition) is 14. The fourth-order valence-electron chi connectivity index (χ4n) is 16.1. The van der Waals surface area contributed by atoms with Gasteiger partial charge in [0.25, 0.3) is 16.7 Å². The van der Waals surface area contributed by atoms with Crippen molar-refractivity contribution in [1.82, 2.24) is 87.2 Å². The van der Waals surface area contributed by atoms with Crippen LogP contribution < -0.4 is 33.9 Å². The third kappa shape index (κ3) is 19.1. The van der Waals surface area contributed by atoms with Gasteiger partial charge in [0.2, 0.25) is 17.8 Å². The molecule has 9 aromatic rings. The molecule has 9 aromatic heterocycles. The normalized spacial score (nSPS) is 38.1. The van der Waals surface area contributed by atoms with Crippen LogP contribution in [0, 0.1) is 0 Å². The van der Waals surface area contributed by atoms with Crippen LogP contribution >= 0.6 is 78.0 Å². The SMILES string of the molecule is Nc1nc2c(ncn2[C@@H]2O[C@@H]3COP(O)(=S)O[C@H]4[C@H](F)[C@H](n5cnc6c5N=CCC6=O)O[C@@H]4COP(=O)(S)O[C@@H]2[C@@H]3F)c(=O)[nH]1.Nc1nc2c(ncn2[C@@H]2O[C@@H]3CO[P+](O)(S)O[C@H]4C[C@H](n5cnc6c5N=CCC6=O)O[C@@H]4COP(O)(=S)O[C@@H]2[C@@H]3F)c(=O)[nH]1.Nc1nc2c(ncn2[C@@H]2O[C@@H]3CO[P+](O)(S)O[C@H]4C[C@H](n5cnc6c5N=CCC6=O)O[C@@H]4COP(O)(=S)O[C@@H]2[C@@H]3F)c(=O)[nH]1. The minimum atomic E-state index is -4.50. The molecular weight excluding hydrogens is 2030 g/mol. The fourth-order valence-corrected chi connectivity index (χ4v) is 24.8. The maximum atomic E-state index is 16.0. The molecule has 28 atom stereocenters. The van der Waals surface area contributed by atoms with Crippen LogP contribution in [0.3, 0.4) is 0 Å². The number of halogens is 4. The summed E-state index contributed by atoms with van der Waals surface area (Å²) in [5.74, 6) is -0.835. The minimum absolute atomic E-state index is 0.00967. The standard InChI is InChI=1S/C21H22F2N8O10P2S2.2C21H23FN8O10P2S2/c22-10-8-3-36-42(34,44)40-14-9(39-19(11(14)23)30-5-26-12-7(32)1-2-25-16(12)30)4-37-43(35,45)41-15(10)20(38-8)31-6-27-13-17(31)28-21(24)29-18(13)33;2*22-13-11-5-36-41(33,43)39-9-3-12(29-6-25-14-8(31)1-2-24-17(14)29)37-10(9)4-35-42(34,44)40-16(13)20(38-11)30-7-26-15-18(30)27-21(23)28-19(15)32/h2,5-6,8-11,14-15,19-20H,1,3-4H2,(H,34,44)(H,35,45)(H3,24,28,29,33);2*2,6-7,9-13,16,20,33,43H,1,3-5H2,(H3-,23,27,28,32,34,44)/p+2/t8-,9-,10-,11+,14-,15-,19-,20-,42?,43?;2*9-,10+,11+,12+,13+,16+,20+,41?,42?/m100/s1. The predicted octanol–water partition coefficient (Wildman–Crippen LogP) is 3.52. The van der Waals surface area contributed by atoms with Gasteiger partial charge in [0.05, 0.1) is 88.9 Å². The quantitative estimate of drug-likeness (QED) is 0.0643. The third-order valence-corrected chi connectivity index (χ3v) is 31.7. The van der Waals surface area contributed by atoms with E-state index in [4.69, 9.17) is 135 Å². The Morgan fingerprint density at radius 3 is 1.13 bits per heavy atom. The lowest BCUT2D eigenvalue weighted by atomic mass is 10.1. The van der Waals surface area contributed by atoms with Crippen molar-refractivity contribution in [2.24, 2.45) is 15.0 Å². The van der Waals surface area contributed by atoms with Crippen LogP contribution in [0.15, 0.2) is 67.3 Å². The average molecular weight is 2100 g/mol. The molecule has 0 aromatic carbocycles. The number of alkyl halides is 4. The summed E-state index contributed by atoms with van der Waals surface area (Å²) in [6.45, 7) is -20.6. The zero-order chi connectivity index (χ0) is 93.8. The first-order chi connectivity index (χ1) is 63.1. The maximum Gasteiger partial charge on any atom is 0.475 e.